The van der Waals surface area contributed by atoms with E-state index < -0.39 is 35.1 Å². The highest BCUT2D eigenvalue weighted by Crippen LogP contribution is 2.17. The summed E-state index contributed by atoms with van der Waals surface area (Å²) >= 11 is 0. The van der Waals surface area contributed by atoms with Crippen LogP contribution < -0.4 is 10.6 Å². The number of halogens is 2. The molecule has 166 valence electrons. The van der Waals surface area contributed by atoms with Crippen molar-refractivity contribution in [2.24, 2.45) is 5.92 Å². The van der Waals surface area contributed by atoms with E-state index in [0.29, 0.717) is 6.54 Å². The first kappa shape index (κ1) is 22.9. The summed E-state index contributed by atoms with van der Waals surface area (Å²) < 4.78 is 27.9. The molecule has 0 aliphatic carbocycles. The molecule has 31 heavy (non-hydrogen) atoms. The number of likely N-dealkylation sites (tertiary alicyclic amines) is 1. The van der Waals surface area contributed by atoms with Crippen LogP contribution in [0.1, 0.15) is 48.2 Å². The number of carbonyl (C=O) groups excluding carboxylic acids is 2. The third kappa shape index (κ3) is 5.88. The summed E-state index contributed by atoms with van der Waals surface area (Å²) in [5.41, 5.74) is 1.48. The lowest BCUT2D eigenvalue weighted by atomic mass is 10.0. The van der Waals surface area contributed by atoms with Gasteiger partial charge in [0.1, 0.15) is 23.2 Å². The predicted molar refractivity (Wildman–Crippen MR) is 115 cm³/mol. The number of nitrogens with zero attached hydrogens (tertiary/aromatic N) is 1. The minimum atomic E-state index is -0.962. The van der Waals surface area contributed by atoms with E-state index in [1.54, 1.807) is 13.8 Å². The minimum Gasteiger partial charge on any atom is -0.350 e. The van der Waals surface area contributed by atoms with Gasteiger partial charge in [0.25, 0.3) is 5.91 Å². The number of hydrogen-bond donors (Lipinski definition) is 2. The average Bonchev–Trinajstić information content (AvgIpc) is 3.24. The van der Waals surface area contributed by atoms with Gasteiger partial charge in [-0.25, -0.2) is 8.78 Å². The van der Waals surface area contributed by atoms with E-state index in [4.69, 9.17) is 0 Å². The Hall–Kier alpha value is -2.80. The van der Waals surface area contributed by atoms with Crippen LogP contribution >= 0.6 is 0 Å². The lowest BCUT2D eigenvalue weighted by Gasteiger charge is -2.23. The smallest absolute Gasteiger partial charge is 0.257 e. The van der Waals surface area contributed by atoms with Gasteiger partial charge >= 0.3 is 0 Å². The third-order valence-electron chi connectivity index (χ3n) is 5.59. The Balaban J connectivity index is 1.66. The molecule has 1 fully saturated rings. The molecular formula is C24H29F2N3O2. The van der Waals surface area contributed by atoms with Gasteiger partial charge in [-0.05, 0) is 55.1 Å². The Labute approximate surface area is 181 Å². The van der Waals surface area contributed by atoms with Gasteiger partial charge in [-0.2, -0.15) is 0 Å². The van der Waals surface area contributed by atoms with E-state index in [-0.39, 0.29) is 5.92 Å². The second-order valence-electron chi connectivity index (χ2n) is 8.26. The van der Waals surface area contributed by atoms with Crippen molar-refractivity contribution in [3.8, 4) is 0 Å². The highest BCUT2D eigenvalue weighted by Gasteiger charge is 2.27. The van der Waals surface area contributed by atoms with E-state index >= 15 is 0 Å². The number of benzene rings is 2. The standard InChI is InChI=1S/C24H29F2N3O2/c1-16(2)22(28-23(30)21-19(25)10-7-11-20(21)26)24(31)27-14-17-8-3-4-9-18(17)15-29-12-5-6-13-29/h3-4,7-11,16,22H,5-6,12-15H2,1-2H3,(H,27,31)(H,28,30)/t22-/m0/s1. The number of hydrogen-bond acceptors (Lipinski definition) is 3. The van der Waals surface area contributed by atoms with Gasteiger partial charge in [0.05, 0.1) is 0 Å². The Morgan fingerprint density at radius 2 is 1.58 bits per heavy atom. The summed E-state index contributed by atoms with van der Waals surface area (Å²) in [5, 5.41) is 5.36. The fraction of sp³-hybridized carbons (Fsp3) is 0.417. The van der Waals surface area contributed by atoms with Crippen molar-refractivity contribution in [1.82, 2.24) is 15.5 Å². The van der Waals surface area contributed by atoms with Crippen LogP contribution in [0.2, 0.25) is 0 Å². The van der Waals surface area contributed by atoms with Crippen LogP contribution in [-0.4, -0.2) is 35.8 Å². The zero-order valence-electron chi connectivity index (χ0n) is 18.0. The van der Waals surface area contributed by atoms with Crippen molar-refractivity contribution < 1.29 is 18.4 Å². The lowest BCUT2D eigenvalue weighted by Crippen LogP contribution is -2.49. The van der Waals surface area contributed by atoms with Crippen LogP contribution in [0, 0.1) is 17.6 Å². The van der Waals surface area contributed by atoms with Crippen molar-refractivity contribution in [2.75, 3.05) is 13.1 Å². The molecule has 2 aromatic carbocycles. The average molecular weight is 430 g/mol. The van der Waals surface area contributed by atoms with Crippen molar-refractivity contribution in [3.63, 3.8) is 0 Å². The van der Waals surface area contributed by atoms with Crippen molar-refractivity contribution in [3.05, 3.63) is 70.8 Å². The molecule has 5 nitrogen and oxygen atoms in total. The fourth-order valence-electron chi connectivity index (χ4n) is 3.82. The summed E-state index contributed by atoms with van der Waals surface area (Å²) in [6.45, 7) is 6.84. The van der Waals surface area contributed by atoms with Gasteiger partial charge in [-0.15, -0.1) is 0 Å². The maximum absolute atomic E-state index is 13.9. The summed E-state index contributed by atoms with van der Waals surface area (Å²) in [4.78, 5) is 27.7. The third-order valence-corrected chi connectivity index (χ3v) is 5.59. The van der Waals surface area contributed by atoms with E-state index in [1.807, 2.05) is 18.2 Å². The van der Waals surface area contributed by atoms with Crippen LogP contribution in [0.3, 0.4) is 0 Å². The topological polar surface area (TPSA) is 61.4 Å². The van der Waals surface area contributed by atoms with Gasteiger partial charge in [0, 0.05) is 13.1 Å². The molecule has 0 unspecified atom stereocenters. The first-order valence-corrected chi connectivity index (χ1v) is 10.7. The molecule has 3 rings (SSSR count). The van der Waals surface area contributed by atoms with Gasteiger partial charge in [-0.1, -0.05) is 44.2 Å². The van der Waals surface area contributed by atoms with Crippen molar-refractivity contribution in [2.45, 2.75) is 45.8 Å². The molecule has 1 atom stereocenters. The van der Waals surface area contributed by atoms with Crippen LogP contribution in [0.5, 0.6) is 0 Å². The monoisotopic (exact) mass is 429 g/mol. The Morgan fingerprint density at radius 1 is 0.968 bits per heavy atom. The summed E-state index contributed by atoms with van der Waals surface area (Å²) in [5.74, 6) is -3.53. The number of carbonyl (C=O) groups is 2. The van der Waals surface area contributed by atoms with Gasteiger partial charge in [0.15, 0.2) is 0 Å². The molecule has 0 saturated carbocycles. The van der Waals surface area contributed by atoms with E-state index in [9.17, 15) is 18.4 Å². The lowest BCUT2D eigenvalue weighted by molar-refractivity contribution is -0.124. The second kappa shape index (κ2) is 10.5. The molecule has 1 heterocycles. The summed E-state index contributed by atoms with van der Waals surface area (Å²) in [6.07, 6.45) is 2.41. The van der Waals surface area contributed by atoms with E-state index in [1.165, 1.54) is 18.9 Å². The second-order valence-corrected chi connectivity index (χ2v) is 8.26. The largest absolute Gasteiger partial charge is 0.350 e. The maximum Gasteiger partial charge on any atom is 0.257 e. The maximum atomic E-state index is 13.9. The zero-order chi connectivity index (χ0) is 22.4. The molecule has 0 radical (unpaired) electrons. The quantitative estimate of drug-likeness (QED) is 0.674. The van der Waals surface area contributed by atoms with Crippen molar-refractivity contribution >= 4 is 11.8 Å². The highest BCUT2D eigenvalue weighted by atomic mass is 19.1. The van der Waals surface area contributed by atoms with Crippen molar-refractivity contribution in [1.29, 1.82) is 0 Å². The molecule has 1 aliphatic rings. The SMILES string of the molecule is CC(C)[C@H](NC(=O)c1c(F)cccc1F)C(=O)NCc1ccccc1CN1CCCC1. The molecule has 2 amide bonds. The van der Waals surface area contributed by atoms with Gasteiger partial charge < -0.3 is 10.6 Å². The minimum absolute atomic E-state index is 0.265. The van der Waals surface area contributed by atoms with Gasteiger partial charge in [0.2, 0.25) is 5.91 Å². The van der Waals surface area contributed by atoms with Crippen LogP contribution in [-0.2, 0) is 17.9 Å². The molecule has 1 aliphatic heterocycles. The molecule has 2 N–H and O–H groups in total. The van der Waals surface area contributed by atoms with Crippen LogP contribution in [0.15, 0.2) is 42.5 Å². The highest BCUT2D eigenvalue weighted by molar-refractivity contribution is 5.98. The predicted octanol–water partition coefficient (Wildman–Crippen LogP) is 3.63. The van der Waals surface area contributed by atoms with E-state index in [0.717, 1.165) is 42.9 Å². The number of nitrogens with one attached hydrogen (secondary N) is 2. The number of rotatable bonds is 8. The summed E-state index contributed by atoms with van der Waals surface area (Å²) in [6, 6.07) is 10.2. The molecule has 0 bridgehead atoms. The Kier molecular flexibility index (Phi) is 7.74. The molecular weight excluding hydrogens is 400 g/mol. The first-order chi connectivity index (χ1) is 14.9. The van der Waals surface area contributed by atoms with Gasteiger partial charge in [-0.3, -0.25) is 14.5 Å². The molecule has 0 aromatic heterocycles. The Bertz CT molecular complexity index is 907. The fourth-order valence-corrected chi connectivity index (χ4v) is 3.82. The van der Waals surface area contributed by atoms with Crippen LogP contribution in [0.4, 0.5) is 8.78 Å². The zero-order valence-corrected chi connectivity index (χ0v) is 18.0. The first-order valence-electron chi connectivity index (χ1n) is 10.7. The number of amides is 2. The van der Waals surface area contributed by atoms with Crippen LogP contribution in [0.25, 0.3) is 0 Å². The normalized spacial score (nSPS) is 15.1. The summed E-state index contributed by atoms with van der Waals surface area (Å²) in [7, 11) is 0. The molecule has 7 heteroatoms. The Morgan fingerprint density at radius 3 is 2.19 bits per heavy atom. The van der Waals surface area contributed by atoms with E-state index in [2.05, 4.69) is 21.6 Å². The molecule has 2 aromatic rings. The molecule has 0 spiro atoms. The molecule has 1 saturated heterocycles.